The SMILES string of the molecule is C=CC(=O)N1CCN(c2nc(=O)n(-c3ccccc3C(C)C)c3nc(-c4c(C)cnn4C)c(Cl)cc23)[C@@H](C)C1. The Balaban J connectivity index is 1.79. The Hall–Kier alpha value is -3.98. The number of halogens is 1. The van der Waals surface area contributed by atoms with E-state index in [4.69, 9.17) is 16.6 Å². The first-order chi connectivity index (χ1) is 18.6. The van der Waals surface area contributed by atoms with Crippen molar-refractivity contribution in [2.24, 2.45) is 7.05 Å². The van der Waals surface area contributed by atoms with Crippen molar-refractivity contribution in [1.82, 2.24) is 29.2 Å². The Bertz CT molecular complexity index is 1640. The van der Waals surface area contributed by atoms with Crippen LogP contribution in [0.3, 0.4) is 0 Å². The quantitative estimate of drug-likeness (QED) is 0.343. The lowest BCUT2D eigenvalue weighted by atomic mass is 10.0. The minimum Gasteiger partial charge on any atom is -0.350 e. The zero-order chi connectivity index (χ0) is 28.0. The Kier molecular flexibility index (Phi) is 7.03. The summed E-state index contributed by atoms with van der Waals surface area (Å²) in [5.74, 6) is 0.569. The van der Waals surface area contributed by atoms with E-state index in [1.165, 1.54) is 6.08 Å². The zero-order valence-electron chi connectivity index (χ0n) is 22.8. The minimum absolute atomic E-state index is 0.0886. The van der Waals surface area contributed by atoms with E-state index in [0.29, 0.717) is 47.2 Å². The fraction of sp³-hybridized carbons (Fsp3) is 0.345. The van der Waals surface area contributed by atoms with Gasteiger partial charge in [0.25, 0.3) is 0 Å². The topological polar surface area (TPSA) is 89.2 Å². The van der Waals surface area contributed by atoms with Crippen LogP contribution >= 0.6 is 11.6 Å². The van der Waals surface area contributed by atoms with Gasteiger partial charge in [0.15, 0.2) is 5.65 Å². The number of fused-ring (bicyclic) bond motifs is 1. The first-order valence-electron chi connectivity index (χ1n) is 13.0. The predicted octanol–water partition coefficient (Wildman–Crippen LogP) is 4.49. The Morgan fingerprint density at radius 3 is 2.59 bits per heavy atom. The molecule has 0 aliphatic carbocycles. The van der Waals surface area contributed by atoms with Crippen LogP contribution in [0.25, 0.3) is 28.1 Å². The van der Waals surface area contributed by atoms with Crippen molar-refractivity contribution >= 4 is 34.4 Å². The Labute approximate surface area is 232 Å². The molecule has 1 fully saturated rings. The summed E-state index contributed by atoms with van der Waals surface area (Å²) in [6.45, 7) is 13.2. The highest BCUT2D eigenvalue weighted by molar-refractivity contribution is 6.33. The Morgan fingerprint density at radius 2 is 1.95 bits per heavy atom. The molecule has 4 aromatic rings. The summed E-state index contributed by atoms with van der Waals surface area (Å²) in [5.41, 5.74) is 4.03. The van der Waals surface area contributed by atoms with Gasteiger partial charge in [0, 0.05) is 32.7 Å². The van der Waals surface area contributed by atoms with Crippen molar-refractivity contribution in [3.8, 4) is 17.1 Å². The molecule has 39 heavy (non-hydrogen) atoms. The van der Waals surface area contributed by atoms with E-state index < -0.39 is 5.69 Å². The van der Waals surface area contributed by atoms with E-state index in [2.05, 4.69) is 35.4 Å². The molecule has 5 rings (SSSR count). The molecule has 3 aromatic heterocycles. The summed E-state index contributed by atoms with van der Waals surface area (Å²) in [5, 5.41) is 5.47. The van der Waals surface area contributed by atoms with E-state index >= 15 is 0 Å². The lowest BCUT2D eigenvalue weighted by Gasteiger charge is -2.40. The molecule has 1 saturated heterocycles. The van der Waals surface area contributed by atoms with Crippen molar-refractivity contribution in [2.45, 2.75) is 39.7 Å². The average molecular weight is 546 g/mol. The van der Waals surface area contributed by atoms with Crippen LogP contribution in [0.2, 0.25) is 5.02 Å². The number of pyridine rings is 1. The normalized spacial score (nSPS) is 15.8. The number of piperazine rings is 1. The molecule has 9 nitrogen and oxygen atoms in total. The standard InChI is InChI=1S/C29H32ClN7O2/c1-7-24(38)35-12-13-36(19(5)16-35)27-21-14-22(30)25(26-18(4)15-31-34(26)6)32-28(21)37(29(39)33-27)23-11-9-8-10-20(23)17(2)3/h7-11,14-15,17,19H,1,12-13,16H2,2-6H3/t19-/m0/s1. The van der Waals surface area contributed by atoms with Crippen LogP contribution in [-0.4, -0.2) is 60.8 Å². The molecule has 1 amide bonds. The second-order valence-corrected chi connectivity index (χ2v) is 10.7. The van der Waals surface area contributed by atoms with Crippen LogP contribution < -0.4 is 10.6 Å². The van der Waals surface area contributed by atoms with E-state index in [0.717, 1.165) is 22.5 Å². The van der Waals surface area contributed by atoms with E-state index in [-0.39, 0.29) is 17.9 Å². The maximum Gasteiger partial charge on any atom is 0.355 e. The molecular formula is C29H32ClN7O2. The number of benzene rings is 1. The van der Waals surface area contributed by atoms with Crippen molar-refractivity contribution in [3.63, 3.8) is 0 Å². The predicted molar refractivity (Wildman–Crippen MR) is 155 cm³/mol. The fourth-order valence-corrected chi connectivity index (χ4v) is 5.62. The molecule has 0 saturated carbocycles. The lowest BCUT2D eigenvalue weighted by Crippen LogP contribution is -2.54. The highest BCUT2D eigenvalue weighted by Gasteiger charge is 2.30. The molecule has 202 valence electrons. The van der Waals surface area contributed by atoms with Gasteiger partial charge in [-0.1, -0.05) is 50.2 Å². The second kappa shape index (κ2) is 10.3. The van der Waals surface area contributed by atoms with Crippen LogP contribution in [0.15, 0.2) is 54.0 Å². The van der Waals surface area contributed by atoms with Gasteiger partial charge in [0.2, 0.25) is 5.91 Å². The average Bonchev–Trinajstić information content (AvgIpc) is 3.25. The molecule has 0 N–H and O–H groups in total. The molecule has 0 unspecified atom stereocenters. The maximum atomic E-state index is 13.9. The number of carbonyl (C=O) groups is 1. The van der Waals surface area contributed by atoms with Crippen molar-refractivity contribution in [1.29, 1.82) is 0 Å². The number of rotatable bonds is 5. The molecular weight excluding hydrogens is 514 g/mol. The van der Waals surface area contributed by atoms with Gasteiger partial charge in [-0.3, -0.25) is 9.48 Å². The van der Waals surface area contributed by atoms with Crippen molar-refractivity contribution in [3.05, 3.63) is 75.8 Å². The summed E-state index contributed by atoms with van der Waals surface area (Å²) < 4.78 is 3.32. The van der Waals surface area contributed by atoms with Crippen LogP contribution in [0.1, 0.15) is 37.8 Å². The number of aryl methyl sites for hydroxylation is 2. The highest BCUT2D eigenvalue weighted by atomic mass is 35.5. The molecule has 4 heterocycles. The lowest BCUT2D eigenvalue weighted by molar-refractivity contribution is -0.126. The van der Waals surface area contributed by atoms with Crippen LogP contribution in [0.5, 0.6) is 0 Å². The smallest absolute Gasteiger partial charge is 0.350 e. The summed E-state index contributed by atoms with van der Waals surface area (Å²) in [7, 11) is 1.84. The third-order valence-electron chi connectivity index (χ3n) is 7.33. The van der Waals surface area contributed by atoms with Crippen LogP contribution in [0.4, 0.5) is 5.82 Å². The Morgan fingerprint density at radius 1 is 1.21 bits per heavy atom. The van der Waals surface area contributed by atoms with Gasteiger partial charge in [-0.25, -0.2) is 14.3 Å². The first-order valence-corrected chi connectivity index (χ1v) is 13.4. The number of hydrogen-bond donors (Lipinski definition) is 0. The number of hydrogen-bond acceptors (Lipinski definition) is 6. The number of nitrogens with zero attached hydrogens (tertiary/aromatic N) is 7. The summed E-state index contributed by atoms with van der Waals surface area (Å²) in [4.78, 5) is 39.6. The molecule has 1 aliphatic rings. The number of aromatic nitrogens is 5. The van der Waals surface area contributed by atoms with Crippen molar-refractivity contribution < 1.29 is 4.79 Å². The van der Waals surface area contributed by atoms with Gasteiger partial charge in [-0.2, -0.15) is 10.1 Å². The van der Waals surface area contributed by atoms with Gasteiger partial charge in [0.05, 0.1) is 28.0 Å². The zero-order valence-corrected chi connectivity index (χ0v) is 23.6. The largest absolute Gasteiger partial charge is 0.355 e. The van der Waals surface area contributed by atoms with Gasteiger partial charge in [-0.15, -0.1) is 0 Å². The number of amides is 1. The molecule has 1 atom stereocenters. The van der Waals surface area contributed by atoms with E-state index in [9.17, 15) is 9.59 Å². The molecule has 0 spiro atoms. The van der Waals surface area contributed by atoms with Crippen LogP contribution in [-0.2, 0) is 11.8 Å². The molecule has 10 heteroatoms. The minimum atomic E-state index is -0.426. The molecule has 1 aliphatic heterocycles. The van der Waals surface area contributed by atoms with Gasteiger partial charge < -0.3 is 9.80 Å². The number of carbonyl (C=O) groups excluding carboxylic acids is 1. The van der Waals surface area contributed by atoms with E-state index in [1.807, 2.05) is 51.2 Å². The highest BCUT2D eigenvalue weighted by Crippen LogP contribution is 2.35. The van der Waals surface area contributed by atoms with Gasteiger partial charge in [0.1, 0.15) is 11.5 Å². The fourth-order valence-electron chi connectivity index (χ4n) is 5.38. The van der Waals surface area contributed by atoms with Crippen molar-refractivity contribution in [2.75, 3.05) is 24.5 Å². The second-order valence-electron chi connectivity index (χ2n) is 10.3. The summed E-state index contributed by atoms with van der Waals surface area (Å²) >= 11 is 6.89. The summed E-state index contributed by atoms with van der Waals surface area (Å²) in [6.07, 6.45) is 3.09. The maximum absolute atomic E-state index is 13.9. The monoisotopic (exact) mass is 545 g/mol. The third kappa shape index (κ3) is 4.61. The van der Waals surface area contributed by atoms with Gasteiger partial charge in [-0.05, 0) is 49.1 Å². The third-order valence-corrected chi connectivity index (χ3v) is 7.62. The molecule has 0 radical (unpaired) electrons. The molecule has 0 bridgehead atoms. The number of anilines is 1. The summed E-state index contributed by atoms with van der Waals surface area (Å²) in [6, 6.07) is 9.57. The van der Waals surface area contributed by atoms with Gasteiger partial charge >= 0.3 is 5.69 Å². The first kappa shape index (κ1) is 26.6. The van der Waals surface area contributed by atoms with Crippen LogP contribution in [0, 0.1) is 6.92 Å². The number of para-hydroxylation sites is 1. The molecule has 1 aromatic carbocycles. The van der Waals surface area contributed by atoms with E-state index in [1.54, 1.807) is 20.3 Å².